The molecule has 0 bridgehead atoms. The highest BCUT2D eigenvalue weighted by atomic mass is 127. The van der Waals surface area contributed by atoms with Gasteiger partial charge in [0.15, 0.2) is 36.5 Å². The predicted octanol–water partition coefficient (Wildman–Crippen LogP) is -7.81. The number of guanidine groups is 2. The topological polar surface area (TPSA) is 591 Å². The third-order valence-electron chi connectivity index (χ3n) is 19.7. The minimum absolute atomic E-state index is 0.0627. The molecule has 41 heteroatoms. The van der Waals surface area contributed by atoms with Crippen LogP contribution < -0.4 is 53.4 Å². The highest BCUT2D eigenvalue weighted by Crippen LogP contribution is 2.38. The molecule has 109 heavy (non-hydrogen) atoms. The van der Waals surface area contributed by atoms with Crippen molar-refractivity contribution in [2.75, 3.05) is 46.1 Å². The SMILES string of the molecule is CC(c1ccccc1)C1NC(=O)CNC(=O)C(CO)NC(=O)C(C(O)C2CN=C(N)N2C2OC(CO)C(O)C(O)C2O)NC(=O)C(C(O)C2CN=C(N)N2)NC(=O)C(Cc2ccc(OC3OC(CO)C(OC4OC5COC(c6ccc(C(=O)c7cc(I)c(I)c(I)c7)cc6)OC5C(O)C4O)C(O)C3O)cc2)NC1=O. The van der Waals surface area contributed by atoms with Gasteiger partial charge in [0.25, 0.3) is 0 Å². The van der Waals surface area contributed by atoms with E-state index < -0.39 is 239 Å². The van der Waals surface area contributed by atoms with Crippen LogP contribution in [0.4, 0.5) is 0 Å². The molecule has 38 nitrogen and oxygen atoms in total. The normalized spacial score (nSPS) is 34.5. The number of rotatable bonds is 19. The number of ketones is 1. The number of fused-ring (bicyclic) bond motifs is 1. The number of nitrogens with two attached hydrogens (primary N) is 2. The van der Waals surface area contributed by atoms with Crippen LogP contribution >= 0.6 is 67.8 Å². The summed E-state index contributed by atoms with van der Waals surface area (Å²) in [6, 6.07) is 11.0. The van der Waals surface area contributed by atoms with E-state index in [9.17, 15) is 85.3 Å². The predicted molar refractivity (Wildman–Crippen MR) is 398 cm³/mol. The second-order valence-corrected chi connectivity index (χ2v) is 30.3. The van der Waals surface area contributed by atoms with E-state index in [1.165, 1.54) is 24.3 Å². The van der Waals surface area contributed by atoms with Gasteiger partial charge in [-0.2, -0.15) is 0 Å². The van der Waals surface area contributed by atoms with Gasteiger partial charge in [-0.05, 0) is 103 Å². The van der Waals surface area contributed by atoms with Gasteiger partial charge in [0.1, 0.15) is 121 Å². The van der Waals surface area contributed by atoms with Crippen LogP contribution in [0.2, 0.25) is 0 Å². The lowest BCUT2D eigenvalue weighted by molar-refractivity contribution is -0.383. The summed E-state index contributed by atoms with van der Waals surface area (Å²) >= 11 is 6.56. The Morgan fingerprint density at radius 3 is 1.90 bits per heavy atom. The second-order valence-electron chi connectivity index (χ2n) is 26.9. The third-order valence-corrected chi connectivity index (χ3v) is 24.6. The molecule has 0 spiro atoms. The van der Waals surface area contributed by atoms with Crippen LogP contribution in [-0.4, -0.2) is 312 Å². The average Bonchev–Trinajstić information content (AvgIpc) is 1.70. The molecular weight excluding hydrogens is 1780 g/mol. The summed E-state index contributed by atoms with van der Waals surface area (Å²) in [4.78, 5) is 110. The Bertz CT molecular complexity index is 3970. The van der Waals surface area contributed by atoms with Crippen molar-refractivity contribution in [1.82, 2.24) is 42.1 Å². The number of nitrogens with one attached hydrogen (secondary N) is 7. The summed E-state index contributed by atoms with van der Waals surface area (Å²) in [7, 11) is 0. The standard InChI is InChI=1S/C68H83I3N12O26/c1-25(27-5-3-2-4-6-27)43-60(100)77-34(59(99)81-44(47(89)35-18-75-67(72)79-35)62(102)82-45(61(101)78-36(21-84)58(98)74-20-41(87)80-43)48(90)37-19-76-68(73)83(37)63-53(95)50(92)49(91)38(22-85)105-63)15-26-7-13-31(14-8-26)104-65-54(96)51(93)56(39(23-86)106-65)109-66-55(97)52(94)57-40(107-66)24-103-64(108-57)29-11-9-28(10-12-29)46(88)30-16-32(69)42(71)33(70)17-30/h2-14,16-17,25,34-40,43-45,47-57,63-66,84-86,89-97H,15,18-24H2,1H3,(H2,73,76)(H,74,98)(H,77,100)(H,78,101)(H,80,87)(H,81,99)(H,82,102)(H3,72,75,79). The fourth-order valence-electron chi connectivity index (χ4n) is 13.5. The molecule has 4 aromatic rings. The molecule has 7 aliphatic rings. The lowest BCUT2D eigenvalue weighted by atomic mass is 9.92. The maximum Gasteiger partial charge on any atom is 0.246 e. The maximum absolute atomic E-state index is 15.3. The highest BCUT2D eigenvalue weighted by Gasteiger charge is 2.55. The van der Waals surface area contributed by atoms with Crippen molar-refractivity contribution < 1.29 is 128 Å². The van der Waals surface area contributed by atoms with E-state index in [2.05, 4.69) is 115 Å². The highest BCUT2D eigenvalue weighted by molar-refractivity contribution is 14.1. The molecule has 5 fully saturated rings. The van der Waals surface area contributed by atoms with Gasteiger partial charge in [-0.1, -0.05) is 73.7 Å². The number of halogens is 3. The first-order valence-electron chi connectivity index (χ1n) is 34.4. The molecule has 0 saturated carbocycles. The molecule has 5 saturated heterocycles. The van der Waals surface area contributed by atoms with Gasteiger partial charge in [-0.25, -0.2) is 0 Å². The molecule has 26 unspecified atom stereocenters. The summed E-state index contributed by atoms with van der Waals surface area (Å²) in [5, 5.41) is 151. The van der Waals surface area contributed by atoms with E-state index in [0.29, 0.717) is 22.3 Å². The zero-order valence-electron chi connectivity index (χ0n) is 57.5. The van der Waals surface area contributed by atoms with Gasteiger partial charge in [-0.15, -0.1) is 0 Å². The number of aliphatic hydroxyl groups excluding tert-OH is 12. The number of amides is 6. The molecule has 0 radical (unpaired) electrons. The van der Waals surface area contributed by atoms with Crippen LogP contribution in [0.5, 0.6) is 5.75 Å². The molecule has 11 rings (SSSR count). The summed E-state index contributed by atoms with van der Waals surface area (Å²) < 4.78 is 44.6. The second kappa shape index (κ2) is 36.3. The largest absolute Gasteiger partial charge is 0.462 e. The van der Waals surface area contributed by atoms with Crippen molar-refractivity contribution in [1.29, 1.82) is 0 Å². The Morgan fingerprint density at radius 2 is 1.25 bits per heavy atom. The first-order valence-corrected chi connectivity index (χ1v) is 37.6. The van der Waals surface area contributed by atoms with Crippen LogP contribution in [0.15, 0.2) is 101 Å². The maximum atomic E-state index is 15.3. The van der Waals surface area contributed by atoms with Gasteiger partial charge in [0.2, 0.25) is 41.7 Å². The van der Waals surface area contributed by atoms with Crippen LogP contribution in [0, 0.1) is 10.7 Å². The molecule has 0 aliphatic carbocycles. The molecule has 7 heterocycles. The number of aliphatic hydroxyl groups is 12. The fourth-order valence-corrected chi connectivity index (χ4v) is 15.6. The minimum Gasteiger partial charge on any atom is -0.462 e. The number of nitrogens with zero attached hydrogens (tertiary/aromatic N) is 3. The smallest absolute Gasteiger partial charge is 0.246 e. The van der Waals surface area contributed by atoms with Crippen LogP contribution in [0.3, 0.4) is 0 Å². The van der Waals surface area contributed by atoms with E-state index in [1.807, 2.05) is 0 Å². The van der Waals surface area contributed by atoms with Gasteiger partial charge < -0.3 is 148 Å². The van der Waals surface area contributed by atoms with Crippen molar-refractivity contribution in [2.45, 2.75) is 172 Å². The molecule has 26 atom stereocenters. The van der Waals surface area contributed by atoms with Gasteiger partial charge in [0.05, 0.1) is 58.1 Å². The summed E-state index contributed by atoms with van der Waals surface area (Å²) in [5.41, 5.74) is 14.3. The van der Waals surface area contributed by atoms with Crippen molar-refractivity contribution in [3.8, 4) is 5.75 Å². The molecule has 0 aromatic heterocycles. The van der Waals surface area contributed by atoms with Crippen molar-refractivity contribution >= 4 is 121 Å². The van der Waals surface area contributed by atoms with E-state index >= 15 is 9.59 Å². The van der Waals surface area contributed by atoms with E-state index in [-0.39, 0.29) is 36.2 Å². The quantitative estimate of drug-likeness (QED) is 0.0236. The molecular formula is C68H83I3N12O26. The summed E-state index contributed by atoms with van der Waals surface area (Å²) in [6.07, 6.45) is -31.5. The minimum atomic E-state index is -2.35. The molecule has 592 valence electrons. The number of hydrogen-bond donors (Lipinski definition) is 21. The van der Waals surface area contributed by atoms with Gasteiger partial charge >= 0.3 is 0 Å². The average molecular weight is 1870 g/mol. The number of carbonyl (C=O) groups is 7. The molecule has 6 amide bonds. The van der Waals surface area contributed by atoms with Crippen molar-refractivity contribution in [3.05, 3.63) is 130 Å². The van der Waals surface area contributed by atoms with Gasteiger partial charge in [0, 0.05) is 39.7 Å². The fraction of sp³-hybridized carbons (Fsp3) is 0.515. The molecule has 7 aliphatic heterocycles. The Morgan fingerprint density at radius 1 is 0.615 bits per heavy atom. The van der Waals surface area contributed by atoms with Crippen molar-refractivity contribution in [3.63, 3.8) is 0 Å². The zero-order valence-corrected chi connectivity index (χ0v) is 64.0. The lowest BCUT2D eigenvalue weighted by Crippen LogP contribution is -2.70. The van der Waals surface area contributed by atoms with E-state index in [4.69, 9.17) is 44.6 Å². The Labute approximate surface area is 661 Å². The Kier molecular flexibility index (Phi) is 27.7. The summed E-state index contributed by atoms with van der Waals surface area (Å²) in [6.45, 7) is -3.35. The first kappa shape index (κ1) is 83.1. The Hall–Kier alpha value is -6.82. The number of benzene rings is 4. The number of ether oxygens (including phenoxy) is 7. The van der Waals surface area contributed by atoms with Gasteiger partial charge in [-0.3, -0.25) is 43.5 Å². The zero-order chi connectivity index (χ0) is 78.6. The lowest BCUT2D eigenvalue weighted by Gasteiger charge is -2.48. The monoisotopic (exact) mass is 1860 g/mol. The van der Waals surface area contributed by atoms with E-state index in [1.54, 1.807) is 73.7 Å². The van der Waals surface area contributed by atoms with Crippen LogP contribution in [0.25, 0.3) is 0 Å². The number of hydrogen-bond acceptors (Lipinski definition) is 32. The molecule has 23 N–H and O–H groups in total. The number of aliphatic imine (C=N–C) groups is 2. The number of carbonyl (C=O) groups excluding carboxylic acids is 7. The summed E-state index contributed by atoms with van der Waals surface area (Å²) in [5.74, 6) is -9.19. The van der Waals surface area contributed by atoms with Crippen LogP contribution in [-0.2, 0) is 63.6 Å². The molecule has 4 aromatic carbocycles. The first-order chi connectivity index (χ1) is 52.0. The van der Waals surface area contributed by atoms with Crippen LogP contribution in [0.1, 0.15) is 51.7 Å². The third kappa shape index (κ3) is 18.6. The van der Waals surface area contributed by atoms with Crippen molar-refractivity contribution in [2.24, 2.45) is 21.5 Å². The Balaban J connectivity index is 0.811. The van der Waals surface area contributed by atoms with E-state index in [0.717, 1.165) is 15.6 Å².